The molecule has 1 aromatic heterocycles. The number of hydrogen-bond acceptors (Lipinski definition) is 4. The normalized spacial score (nSPS) is 11.3. The van der Waals surface area contributed by atoms with E-state index in [1.165, 1.54) is 0 Å². The van der Waals surface area contributed by atoms with Crippen LogP contribution in [0.3, 0.4) is 0 Å². The largest absolute Gasteiger partial charge is 0.494 e. The maximum absolute atomic E-state index is 5.29. The fourth-order valence-corrected chi connectivity index (χ4v) is 3.66. The molecule has 0 aliphatic rings. The molecule has 0 atom stereocenters. The molecule has 5 nitrogen and oxygen atoms in total. The Morgan fingerprint density at radius 3 is 2.68 bits per heavy atom. The van der Waals surface area contributed by atoms with Crippen LogP contribution in [0.4, 0.5) is 0 Å². The standard InChI is InChI=1S/C14H16Br2N4OS/c1-3-4-5-12-18-19-14(22)20(12)17-8-9-6-10(15)13(21-2)11(16)7-9/h6-8H,3-5H2,1-2H3,(H,19,22)/b17-8-. The molecule has 1 N–H and O–H groups in total. The van der Waals surface area contributed by atoms with Crippen molar-refractivity contribution in [1.29, 1.82) is 0 Å². The Balaban J connectivity index is 2.29. The number of unbranched alkanes of at least 4 members (excludes halogenated alkanes) is 1. The van der Waals surface area contributed by atoms with Gasteiger partial charge in [-0.05, 0) is 68.2 Å². The van der Waals surface area contributed by atoms with Gasteiger partial charge in [0.05, 0.1) is 22.3 Å². The number of H-pyrrole nitrogens is 1. The quantitative estimate of drug-likeness (QED) is 0.515. The fraction of sp³-hybridized carbons (Fsp3) is 0.357. The molecular formula is C14H16Br2N4OS. The Bertz CT molecular complexity index is 716. The lowest BCUT2D eigenvalue weighted by atomic mass is 10.2. The van der Waals surface area contributed by atoms with Gasteiger partial charge in [0.1, 0.15) is 5.75 Å². The Morgan fingerprint density at radius 1 is 1.41 bits per heavy atom. The molecule has 118 valence electrons. The van der Waals surface area contributed by atoms with Crippen molar-refractivity contribution in [2.45, 2.75) is 26.2 Å². The second kappa shape index (κ2) is 8.03. The number of aryl methyl sites for hydroxylation is 1. The van der Waals surface area contributed by atoms with E-state index in [1.54, 1.807) is 18.0 Å². The molecule has 1 heterocycles. The molecule has 0 aliphatic carbocycles. The van der Waals surface area contributed by atoms with Crippen molar-refractivity contribution in [3.63, 3.8) is 0 Å². The molecule has 0 saturated carbocycles. The average molecular weight is 448 g/mol. The molecule has 0 saturated heterocycles. The van der Waals surface area contributed by atoms with Crippen molar-refractivity contribution in [3.05, 3.63) is 37.2 Å². The van der Waals surface area contributed by atoms with E-state index in [2.05, 4.69) is 54.1 Å². The zero-order valence-corrected chi connectivity index (χ0v) is 16.3. The first kappa shape index (κ1) is 17.4. The molecule has 2 rings (SSSR count). The summed E-state index contributed by atoms with van der Waals surface area (Å²) in [5.41, 5.74) is 0.920. The SMILES string of the molecule is CCCCc1n[nH]c(=S)n1/N=C\c1cc(Br)c(OC)c(Br)c1. The van der Waals surface area contributed by atoms with Crippen LogP contribution >= 0.6 is 44.1 Å². The summed E-state index contributed by atoms with van der Waals surface area (Å²) in [5, 5.41) is 11.4. The van der Waals surface area contributed by atoms with Crippen LogP contribution in [-0.2, 0) is 6.42 Å². The van der Waals surface area contributed by atoms with Crippen LogP contribution < -0.4 is 4.74 Å². The predicted molar refractivity (Wildman–Crippen MR) is 97.4 cm³/mol. The van der Waals surface area contributed by atoms with Crippen LogP contribution in [0.25, 0.3) is 0 Å². The number of aromatic nitrogens is 3. The van der Waals surface area contributed by atoms with Crippen LogP contribution in [0.1, 0.15) is 31.2 Å². The minimum Gasteiger partial charge on any atom is -0.494 e. The lowest BCUT2D eigenvalue weighted by Gasteiger charge is -2.07. The third kappa shape index (κ3) is 4.05. The molecule has 0 unspecified atom stereocenters. The van der Waals surface area contributed by atoms with Crippen molar-refractivity contribution >= 4 is 50.3 Å². The maximum Gasteiger partial charge on any atom is 0.216 e. The van der Waals surface area contributed by atoms with Crippen LogP contribution in [0.2, 0.25) is 0 Å². The van der Waals surface area contributed by atoms with Crippen LogP contribution in [0.15, 0.2) is 26.2 Å². The van der Waals surface area contributed by atoms with Gasteiger partial charge in [-0.15, -0.1) is 0 Å². The molecule has 0 amide bonds. The van der Waals surface area contributed by atoms with E-state index in [9.17, 15) is 0 Å². The summed E-state index contributed by atoms with van der Waals surface area (Å²) in [6.07, 6.45) is 4.74. The average Bonchev–Trinajstić information content (AvgIpc) is 2.83. The lowest BCUT2D eigenvalue weighted by molar-refractivity contribution is 0.409. The number of aromatic amines is 1. The monoisotopic (exact) mass is 446 g/mol. The van der Waals surface area contributed by atoms with E-state index in [-0.39, 0.29) is 0 Å². The topological polar surface area (TPSA) is 55.2 Å². The summed E-state index contributed by atoms with van der Waals surface area (Å²) in [7, 11) is 1.63. The van der Waals surface area contributed by atoms with Crippen molar-refractivity contribution in [1.82, 2.24) is 14.9 Å². The summed E-state index contributed by atoms with van der Waals surface area (Å²) in [4.78, 5) is 0. The Morgan fingerprint density at radius 2 is 2.09 bits per heavy atom. The summed E-state index contributed by atoms with van der Waals surface area (Å²) in [6, 6.07) is 3.87. The summed E-state index contributed by atoms with van der Waals surface area (Å²) in [5.74, 6) is 1.59. The number of methoxy groups -OCH3 is 1. The minimum atomic E-state index is 0.494. The highest BCUT2D eigenvalue weighted by molar-refractivity contribution is 9.11. The fourth-order valence-electron chi connectivity index (χ4n) is 1.91. The molecule has 0 spiro atoms. The van der Waals surface area contributed by atoms with Crippen LogP contribution in [0, 0.1) is 4.77 Å². The van der Waals surface area contributed by atoms with Crippen molar-refractivity contribution in [2.75, 3.05) is 7.11 Å². The van der Waals surface area contributed by atoms with E-state index < -0.39 is 0 Å². The van der Waals surface area contributed by atoms with Crippen LogP contribution in [0.5, 0.6) is 5.75 Å². The first-order chi connectivity index (χ1) is 10.6. The number of nitrogens with zero attached hydrogens (tertiary/aromatic N) is 3. The van der Waals surface area contributed by atoms with Gasteiger partial charge in [-0.3, -0.25) is 5.10 Å². The molecular weight excluding hydrogens is 432 g/mol. The second-order valence-corrected chi connectivity index (χ2v) is 6.72. The maximum atomic E-state index is 5.29. The van der Waals surface area contributed by atoms with Gasteiger partial charge in [0.2, 0.25) is 4.77 Å². The third-order valence-electron chi connectivity index (χ3n) is 3.02. The number of benzene rings is 1. The van der Waals surface area contributed by atoms with Crippen LogP contribution in [-0.4, -0.2) is 28.2 Å². The molecule has 0 aliphatic heterocycles. The zero-order chi connectivity index (χ0) is 16.1. The lowest BCUT2D eigenvalue weighted by Crippen LogP contribution is -1.99. The molecule has 2 aromatic rings. The summed E-state index contributed by atoms with van der Waals surface area (Å²) < 4.78 is 9.16. The number of nitrogens with one attached hydrogen (secondary N) is 1. The number of hydrogen-bond donors (Lipinski definition) is 1. The highest BCUT2D eigenvalue weighted by Crippen LogP contribution is 2.33. The van der Waals surface area contributed by atoms with E-state index in [0.717, 1.165) is 45.3 Å². The van der Waals surface area contributed by atoms with Gasteiger partial charge in [0.25, 0.3) is 0 Å². The molecule has 0 fully saturated rings. The zero-order valence-electron chi connectivity index (χ0n) is 12.3. The predicted octanol–water partition coefficient (Wildman–Crippen LogP) is 4.70. The highest BCUT2D eigenvalue weighted by Gasteiger charge is 2.08. The first-order valence-electron chi connectivity index (χ1n) is 6.80. The molecule has 22 heavy (non-hydrogen) atoms. The van der Waals surface area contributed by atoms with E-state index in [1.807, 2.05) is 12.1 Å². The van der Waals surface area contributed by atoms with Gasteiger partial charge in [0, 0.05) is 6.42 Å². The summed E-state index contributed by atoms with van der Waals surface area (Å²) >= 11 is 12.2. The van der Waals surface area contributed by atoms with Gasteiger partial charge >= 0.3 is 0 Å². The number of rotatable bonds is 6. The Kier molecular flexibility index (Phi) is 6.34. The molecule has 1 aromatic carbocycles. The van der Waals surface area contributed by atoms with Gasteiger partial charge in [-0.1, -0.05) is 13.3 Å². The van der Waals surface area contributed by atoms with Gasteiger partial charge in [-0.2, -0.15) is 14.9 Å². The summed E-state index contributed by atoms with van der Waals surface area (Å²) in [6.45, 7) is 2.14. The Hall–Kier alpha value is -0.990. The molecule has 0 bridgehead atoms. The smallest absolute Gasteiger partial charge is 0.216 e. The van der Waals surface area contributed by atoms with Crippen molar-refractivity contribution in [2.24, 2.45) is 5.10 Å². The van der Waals surface area contributed by atoms with Crippen molar-refractivity contribution in [3.8, 4) is 5.75 Å². The van der Waals surface area contributed by atoms with E-state index in [4.69, 9.17) is 17.0 Å². The van der Waals surface area contributed by atoms with E-state index in [0.29, 0.717) is 4.77 Å². The van der Waals surface area contributed by atoms with E-state index >= 15 is 0 Å². The van der Waals surface area contributed by atoms with Gasteiger partial charge < -0.3 is 4.74 Å². The molecule has 8 heteroatoms. The number of ether oxygens (including phenoxy) is 1. The highest BCUT2D eigenvalue weighted by atomic mass is 79.9. The van der Waals surface area contributed by atoms with Gasteiger partial charge in [0.15, 0.2) is 5.82 Å². The Labute approximate surface area is 151 Å². The van der Waals surface area contributed by atoms with Gasteiger partial charge in [-0.25, -0.2) is 0 Å². The number of halogens is 2. The third-order valence-corrected chi connectivity index (χ3v) is 4.46. The minimum absolute atomic E-state index is 0.494. The molecule has 0 radical (unpaired) electrons. The van der Waals surface area contributed by atoms with Crippen molar-refractivity contribution < 1.29 is 4.74 Å². The first-order valence-corrected chi connectivity index (χ1v) is 8.80. The second-order valence-electron chi connectivity index (χ2n) is 4.62.